The summed E-state index contributed by atoms with van der Waals surface area (Å²) in [6.45, 7) is 1.54. The molecule has 118 valence electrons. The van der Waals surface area contributed by atoms with Crippen molar-refractivity contribution in [2.75, 3.05) is 26.0 Å². The molecule has 7 heteroatoms. The van der Waals surface area contributed by atoms with Crippen LogP contribution in [0.25, 0.3) is 0 Å². The Labute approximate surface area is 136 Å². The van der Waals surface area contributed by atoms with Gasteiger partial charge in [-0.3, -0.25) is 0 Å². The standard InChI is InChI=1S/C14H19Cl2NO3S/c1-21(18,19)17-7-3-4-11(9-17)10-20-14-12(8-15)5-2-6-13(14)16/h2,5-6,11H,3-4,7-10H2,1H3. The van der Waals surface area contributed by atoms with Crippen molar-refractivity contribution in [2.24, 2.45) is 5.92 Å². The molecule has 1 saturated heterocycles. The molecule has 0 saturated carbocycles. The monoisotopic (exact) mass is 351 g/mol. The van der Waals surface area contributed by atoms with Crippen LogP contribution in [0.15, 0.2) is 18.2 Å². The van der Waals surface area contributed by atoms with Crippen LogP contribution in [0.5, 0.6) is 5.75 Å². The van der Waals surface area contributed by atoms with Gasteiger partial charge in [0.2, 0.25) is 10.0 Å². The van der Waals surface area contributed by atoms with E-state index in [1.165, 1.54) is 10.6 Å². The molecule has 0 aliphatic carbocycles. The summed E-state index contributed by atoms with van der Waals surface area (Å²) < 4.78 is 30.5. The van der Waals surface area contributed by atoms with Crippen LogP contribution in [0.1, 0.15) is 18.4 Å². The number of piperidine rings is 1. The van der Waals surface area contributed by atoms with Crippen LogP contribution in [0.2, 0.25) is 5.02 Å². The molecule has 21 heavy (non-hydrogen) atoms. The number of hydrogen-bond donors (Lipinski definition) is 0. The number of benzene rings is 1. The first-order valence-electron chi connectivity index (χ1n) is 6.83. The van der Waals surface area contributed by atoms with Crippen LogP contribution in [0.4, 0.5) is 0 Å². The molecular formula is C14H19Cl2NO3S. The van der Waals surface area contributed by atoms with E-state index in [-0.39, 0.29) is 5.92 Å². The first kappa shape index (κ1) is 16.9. The molecule has 1 fully saturated rings. The zero-order valence-electron chi connectivity index (χ0n) is 11.9. The molecule has 4 nitrogen and oxygen atoms in total. The third-order valence-electron chi connectivity index (χ3n) is 3.61. The van der Waals surface area contributed by atoms with Gasteiger partial charge in [-0.25, -0.2) is 12.7 Å². The van der Waals surface area contributed by atoms with Crippen molar-refractivity contribution in [3.8, 4) is 5.75 Å². The Balaban J connectivity index is 2.00. The molecule has 1 aromatic rings. The Morgan fingerprint density at radius 2 is 2.19 bits per heavy atom. The first-order chi connectivity index (χ1) is 9.91. The Hall–Kier alpha value is -0.490. The SMILES string of the molecule is CS(=O)(=O)N1CCCC(COc2c(Cl)cccc2CCl)C1. The average Bonchev–Trinajstić information content (AvgIpc) is 2.45. The number of hydrogen-bond acceptors (Lipinski definition) is 3. The number of alkyl halides is 1. The van der Waals surface area contributed by atoms with Crippen molar-refractivity contribution in [3.63, 3.8) is 0 Å². The summed E-state index contributed by atoms with van der Waals surface area (Å²) in [5.74, 6) is 1.11. The quantitative estimate of drug-likeness (QED) is 0.765. The summed E-state index contributed by atoms with van der Waals surface area (Å²) in [6.07, 6.45) is 3.05. The lowest BCUT2D eigenvalue weighted by atomic mass is 10.0. The number of sulfonamides is 1. The fourth-order valence-corrected chi connectivity index (χ4v) is 3.89. The molecule has 0 amide bonds. The van der Waals surface area contributed by atoms with Gasteiger partial charge in [-0.2, -0.15) is 0 Å². The maximum atomic E-state index is 11.6. The maximum absolute atomic E-state index is 11.6. The second-order valence-electron chi connectivity index (χ2n) is 5.30. The molecule has 1 aliphatic rings. The fraction of sp³-hybridized carbons (Fsp3) is 0.571. The van der Waals surface area contributed by atoms with Crippen LogP contribution in [-0.2, 0) is 15.9 Å². The largest absolute Gasteiger partial charge is 0.491 e. The Kier molecular flexibility index (Phi) is 5.77. The molecule has 0 radical (unpaired) electrons. The molecule has 1 unspecified atom stereocenters. The minimum absolute atomic E-state index is 0.174. The number of ether oxygens (including phenoxy) is 1. The second kappa shape index (κ2) is 7.18. The summed E-state index contributed by atoms with van der Waals surface area (Å²) in [5, 5.41) is 0.531. The highest BCUT2D eigenvalue weighted by Crippen LogP contribution is 2.31. The normalized spacial score (nSPS) is 20.4. The van der Waals surface area contributed by atoms with Crippen molar-refractivity contribution in [2.45, 2.75) is 18.7 Å². The van der Waals surface area contributed by atoms with Gasteiger partial charge in [0.05, 0.1) is 23.8 Å². The summed E-state index contributed by atoms with van der Waals surface area (Å²) >= 11 is 12.0. The third kappa shape index (κ3) is 4.49. The van der Waals surface area contributed by atoms with Crippen LogP contribution in [0, 0.1) is 5.92 Å². The van der Waals surface area contributed by atoms with E-state index in [1.54, 1.807) is 6.07 Å². The van der Waals surface area contributed by atoms with Crippen molar-refractivity contribution >= 4 is 33.2 Å². The number of rotatable bonds is 5. The maximum Gasteiger partial charge on any atom is 0.211 e. The molecule has 1 aromatic carbocycles. The van der Waals surface area contributed by atoms with Crippen LogP contribution in [-0.4, -0.2) is 38.7 Å². The number of para-hydroxylation sites is 1. The zero-order chi connectivity index (χ0) is 15.5. The van der Waals surface area contributed by atoms with E-state index in [0.717, 1.165) is 18.4 Å². The van der Waals surface area contributed by atoms with Gasteiger partial charge in [0.15, 0.2) is 0 Å². The van der Waals surface area contributed by atoms with Gasteiger partial charge in [-0.1, -0.05) is 23.7 Å². The Morgan fingerprint density at radius 3 is 2.86 bits per heavy atom. The molecule has 0 N–H and O–H groups in total. The van der Waals surface area contributed by atoms with Crippen molar-refractivity contribution in [3.05, 3.63) is 28.8 Å². The highest BCUT2D eigenvalue weighted by Gasteiger charge is 2.26. The van der Waals surface area contributed by atoms with E-state index < -0.39 is 10.0 Å². The minimum Gasteiger partial charge on any atom is -0.491 e. The Bertz CT molecular complexity index is 592. The van der Waals surface area contributed by atoms with E-state index in [0.29, 0.717) is 36.3 Å². The number of halogens is 2. The van der Waals surface area contributed by atoms with Crippen LogP contribution in [0.3, 0.4) is 0 Å². The van der Waals surface area contributed by atoms with E-state index in [9.17, 15) is 8.42 Å². The molecule has 1 heterocycles. The summed E-state index contributed by atoms with van der Waals surface area (Å²) in [4.78, 5) is 0. The van der Waals surface area contributed by atoms with Gasteiger partial charge >= 0.3 is 0 Å². The van der Waals surface area contributed by atoms with E-state index in [4.69, 9.17) is 27.9 Å². The average molecular weight is 352 g/mol. The second-order valence-corrected chi connectivity index (χ2v) is 7.96. The lowest BCUT2D eigenvalue weighted by Gasteiger charge is -2.31. The van der Waals surface area contributed by atoms with Gasteiger partial charge in [0.1, 0.15) is 5.75 Å². The van der Waals surface area contributed by atoms with Crippen LogP contribution >= 0.6 is 23.2 Å². The molecule has 0 spiro atoms. The molecule has 1 atom stereocenters. The lowest BCUT2D eigenvalue weighted by Crippen LogP contribution is -2.41. The summed E-state index contributed by atoms with van der Waals surface area (Å²) in [6, 6.07) is 5.47. The molecule has 2 rings (SSSR count). The molecule has 0 aromatic heterocycles. The van der Waals surface area contributed by atoms with E-state index in [2.05, 4.69) is 0 Å². The van der Waals surface area contributed by atoms with E-state index >= 15 is 0 Å². The Morgan fingerprint density at radius 1 is 1.43 bits per heavy atom. The zero-order valence-corrected chi connectivity index (χ0v) is 14.2. The van der Waals surface area contributed by atoms with Gasteiger partial charge in [-0.15, -0.1) is 11.6 Å². The van der Waals surface area contributed by atoms with Gasteiger partial charge < -0.3 is 4.74 Å². The van der Waals surface area contributed by atoms with Crippen molar-refractivity contribution < 1.29 is 13.2 Å². The predicted molar refractivity (Wildman–Crippen MR) is 85.6 cm³/mol. The third-order valence-corrected chi connectivity index (χ3v) is 5.46. The van der Waals surface area contributed by atoms with Gasteiger partial charge in [0.25, 0.3) is 0 Å². The summed E-state index contributed by atoms with van der Waals surface area (Å²) in [7, 11) is -3.13. The van der Waals surface area contributed by atoms with E-state index in [1.807, 2.05) is 12.1 Å². The first-order valence-corrected chi connectivity index (χ1v) is 9.59. The fourth-order valence-electron chi connectivity index (χ4n) is 2.49. The molecular weight excluding hydrogens is 333 g/mol. The highest BCUT2D eigenvalue weighted by molar-refractivity contribution is 7.88. The van der Waals surface area contributed by atoms with Gasteiger partial charge in [0, 0.05) is 24.6 Å². The lowest BCUT2D eigenvalue weighted by molar-refractivity contribution is 0.180. The predicted octanol–water partition coefficient (Wildman–Crippen LogP) is 3.13. The number of nitrogens with zero attached hydrogens (tertiary/aromatic N) is 1. The molecule has 1 aliphatic heterocycles. The minimum atomic E-state index is -3.13. The van der Waals surface area contributed by atoms with Crippen molar-refractivity contribution in [1.29, 1.82) is 0 Å². The van der Waals surface area contributed by atoms with Gasteiger partial charge in [-0.05, 0) is 18.9 Å². The van der Waals surface area contributed by atoms with Crippen LogP contribution < -0.4 is 4.74 Å². The molecule has 0 bridgehead atoms. The smallest absolute Gasteiger partial charge is 0.211 e. The topological polar surface area (TPSA) is 46.6 Å². The summed E-state index contributed by atoms with van der Waals surface area (Å²) in [5.41, 5.74) is 0.847. The highest BCUT2D eigenvalue weighted by atomic mass is 35.5. The van der Waals surface area contributed by atoms with Crippen molar-refractivity contribution in [1.82, 2.24) is 4.31 Å².